The maximum absolute atomic E-state index is 12.2. The molecule has 1 heterocycles. The molecule has 1 aromatic carbocycles. The molecule has 0 aliphatic heterocycles. The van der Waals surface area contributed by atoms with Gasteiger partial charge in [0.15, 0.2) is 5.69 Å². The molecule has 0 radical (unpaired) electrons. The Balaban J connectivity index is 2.15. The van der Waals surface area contributed by atoms with Crippen molar-refractivity contribution in [2.45, 2.75) is 31.7 Å². The molecule has 0 saturated heterocycles. The molecule has 0 aliphatic rings. The van der Waals surface area contributed by atoms with Crippen LogP contribution in [0.4, 0.5) is 0 Å². The molecule has 1 aromatic heterocycles. The molecule has 0 atom stereocenters. The number of nitrogens with one attached hydrogen (secondary N) is 1. The minimum atomic E-state index is -3.95. The van der Waals surface area contributed by atoms with Gasteiger partial charge < -0.3 is 4.57 Å². The maximum Gasteiger partial charge on any atom is 0.286 e. The van der Waals surface area contributed by atoms with E-state index in [1.165, 1.54) is 18.5 Å². The number of rotatable bonds is 6. The van der Waals surface area contributed by atoms with Crippen molar-refractivity contribution in [1.29, 1.82) is 0 Å². The standard InChI is InChI=1S/C15H18ClN3O3S/c1-11(2)8-9-19-10-17-13(14(19)16)15(20)18-23(21,22)12-6-4-3-5-7-12/h3-7,10-11H,8-9H2,1-2H3,(H,18,20). The largest absolute Gasteiger partial charge is 0.321 e. The number of amides is 1. The van der Waals surface area contributed by atoms with Crippen molar-refractivity contribution >= 4 is 27.5 Å². The minimum Gasteiger partial charge on any atom is -0.321 e. The number of halogens is 1. The Morgan fingerprint density at radius 1 is 1.30 bits per heavy atom. The van der Waals surface area contributed by atoms with Crippen molar-refractivity contribution < 1.29 is 13.2 Å². The molecule has 1 N–H and O–H groups in total. The van der Waals surface area contributed by atoms with Crippen LogP contribution in [0.1, 0.15) is 30.8 Å². The third kappa shape index (κ3) is 4.33. The van der Waals surface area contributed by atoms with Crippen LogP contribution in [-0.4, -0.2) is 23.9 Å². The van der Waals surface area contributed by atoms with Crippen LogP contribution in [0.25, 0.3) is 0 Å². The van der Waals surface area contributed by atoms with Crippen molar-refractivity contribution in [3.05, 3.63) is 47.5 Å². The second-order valence-corrected chi connectivity index (χ2v) is 7.55. The van der Waals surface area contributed by atoms with Crippen LogP contribution in [-0.2, 0) is 16.6 Å². The van der Waals surface area contributed by atoms with Gasteiger partial charge in [0.1, 0.15) is 5.15 Å². The zero-order valence-electron chi connectivity index (χ0n) is 12.9. The predicted octanol–water partition coefficient (Wildman–Crippen LogP) is 2.70. The molecule has 23 heavy (non-hydrogen) atoms. The van der Waals surface area contributed by atoms with E-state index in [-0.39, 0.29) is 15.7 Å². The van der Waals surface area contributed by atoms with E-state index in [9.17, 15) is 13.2 Å². The Bertz CT molecular complexity index is 786. The molecule has 0 aliphatic carbocycles. The number of imidazole rings is 1. The van der Waals surface area contributed by atoms with Crippen molar-refractivity contribution in [2.75, 3.05) is 0 Å². The highest BCUT2D eigenvalue weighted by atomic mass is 35.5. The molecule has 0 spiro atoms. The highest BCUT2D eigenvalue weighted by Crippen LogP contribution is 2.17. The lowest BCUT2D eigenvalue weighted by atomic mass is 10.1. The van der Waals surface area contributed by atoms with Gasteiger partial charge in [-0.25, -0.2) is 18.1 Å². The van der Waals surface area contributed by atoms with Crippen molar-refractivity contribution in [2.24, 2.45) is 5.92 Å². The van der Waals surface area contributed by atoms with Crippen LogP contribution in [0.5, 0.6) is 0 Å². The minimum absolute atomic E-state index is 0.00344. The van der Waals surface area contributed by atoms with Gasteiger partial charge in [0.2, 0.25) is 0 Å². The van der Waals surface area contributed by atoms with Crippen LogP contribution in [0.2, 0.25) is 5.15 Å². The van der Waals surface area contributed by atoms with Gasteiger partial charge in [-0.3, -0.25) is 4.79 Å². The van der Waals surface area contributed by atoms with E-state index in [2.05, 4.69) is 18.8 Å². The zero-order chi connectivity index (χ0) is 17.0. The fourth-order valence-electron chi connectivity index (χ4n) is 1.90. The number of aromatic nitrogens is 2. The van der Waals surface area contributed by atoms with E-state index in [1.54, 1.807) is 22.8 Å². The number of sulfonamides is 1. The molecule has 0 saturated carbocycles. The predicted molar refractivity (Wildman–Crippen MR) is 87.8 cm³/mol. The summed E-state index contributed by atoms with van der Waals surface area (Å²) in [4.78, 5) is 16.1. The Hall–Kier alpha value is -1.86. The monoisotopic (exact) mass is 355 g/mol. The van der Waals surface area contributed by atoms with Crippen LogP contribution in [0.3, 0.4) is 0 Å². The van der Waals surface area contributed by atoms with Gasteiger partial charge in [0.25, 0.3) is 15.9 Å². The van der Waals surface area contributed by atoms with E-state index < -0.39 is 15.9 Å². The fraction of sp³-hybridized carbons (Fsp3) is 0.333. The van der Waals surface area contributed by atoms with Gasteiger partial charge in [-0.1, -0.05) is 43.6 Å². The molecular formula is C15H18ClN3O3S. The molecule has 0 fully saturated rings. The number of hydrogen-bond donors (Lipinski definition) is 1. The van der Waals surface area contributed by atoms with Gasteiger partial charge in [0.05, 0.1) is 11.2 Å². The van der Waals surface area contributed by atoms with Gasteiger partial charge in [-0.2, -0.15) is 0 Å². The number of hydrogen-bond acceptors (Lipinski definition) is 4. The van der Waals surface area contributed by atoms with E-state index >= 15 is 0 Å². The maximum atomic E-state index is 12.2. The normalized spacial score (nSPS) is 11.7. The topological polar surface area (TPSA) is 81.1 Å². The van der Waals surface area contributed by atoms with Crippen LogP contribution >= 0.6 is 11.6 Å². The van der Waals surface area contributed by atoms with Crippen molar-refractivity contribution in [3.8, 4) is 0 Å². The second kappa shape index (κ2) is 7.14. The van der Waals surface area contributed by atoms with Gasteiger partial charge in [0, 0.05) is 6.54 Å². The molecule has 6 nitrogen and oxygen atoms in total. The van der Waals surface area contributed by atoms with Gasteiger partial charge >= 0.3 is 0 Å². The highest BCUT2D eigenvalue weighted by Gasteiger charge is 2.23. The van der Waals surface area contributed by atoms with Crippen molar-refractivity contribution in [1.82, 2.24) is 14.3 Å². The first-order valence-electron chi connectivity index (χ1n) is 7.14. The molecule has 124 valence electrons. The first kappa shape index (κ1) is 17.5. The number of carbonyl (C=O) groups is 1. The Morgan fingerprint density at radius 3 is 2.57 bits per heavy atom. The number of carbonyl (C=O) groups excluding carboxylic acids is 1. The Morgan fingerprint density at radius 2 is 1.96 bits per heavy atom. The molecule has 0 unspecified atom stereocenters. The average molecular weight is 356 g/mol. The summed E-state index contributed by atoms with van der Waals surface area (Å²) in [6.07, 6.45) is 2.31. The number of benzene rings is 1. The lowest BCUT2D eigenvalue weighted by Gasteiger charge is -2.07. The van der Waals surface area contributed by atoms with Crippen molar-refractivity contribution in [3.63, 3.8) is 0 Å². The fourth-order valence-corrected chi connectivity index (χ4v) is 3.14. The third-order valence-corrected chi connectivity index (χ3v) is 4.96. The summed E-state index contributed by atoms with van der Waals surface area (Å²) in [5.41, 5.74) is -0.102. The van der Waals surface area contributed by atoms with Crippen LogP contribution < -0.4 is 4.72 Å². The van der Waals surface area contributed by atoms with Crippen LogP contribution in [0.15, 0.2) is 41.6 Å². The summed E-state index contributed by atoms with van der Waals surface area (Å²) in [5.74, 6) is -0.369. The highest BCUT2D eigenvalue weighted by molar-refractivity contribution is 7.90. The Labute approximate surface area is 140 Å². The van der Waals surface area contributed by atoms with E-state index in [1.807, 2.05) is 4.72 Å². The van der Waals surface area contributed by atoms with E-state index in [0.29, 0.717) is 12.5 Å². The SMILES string of the molecule is CC(C)CCn1cnc(C(=O)NS(=O)(=O)c2ccccc2)c1Cl. The molecule has 2 aromatic rings. The average Bonchev–Trinajstić information content (AvgIpc) is 2.86. The third-order valence-electron chi connectivity index (χ3n) is 3.22. The first-order valence-corrected chi connectivity index (χ1v) is 9.00. The molecule has 1 amide bonds. The van der Waals surface area contributed by atoms with E-state index in [0.717, 1.165) is 6.42 Å². The molecule has 0 bridgehead atoms. The summed E-state index contributed by atoms with van der Waals surface area (Å²) in [7, 11) is -3.95. The van der Waals surface area contributed by atoms with Gasteiger partial charge in [-0.15, -0.1) is 0 Å². The second-order valence-electron chi connectivity index (χ2n) is 5.51. The quantitative estimate of drug-likeness (QED) is 0.863. The molecule has 2 rings (SSSR count). The number of aryl methyl sites for hydroxylation is 1. The van der Waals surface area contributed by atoms with Gasteiger partial charge in [-0.05, 0) is 24.5 Å². The summed E-state index contributed by atoms with van der Waals surface area (Å²) in [6.45, 7) is 4.76. The summed E-state index contributed by atoms with van der Waals surface area (Å²) < 4.78 is 27.9. The first-order chi connectivity index (χ1) is 10.8. The number of nitrogens with zero attached hydrogens (tertiary/aromatic N) is 2. The molecule has 8 heteroatoms. The summed E-state index contributed by atoms with van der Waals surface area (Å²) in [5, 5.41) is 0.131. The lowest BCUT2D eigenvalue weighted by Crippen LogP contribution is -2.31. The summed E-state index contributed by atoms with van der Waals surface area (Å²) >= 11 is 6.12. The molecular weight excluding hydrogens is 338 g/mol. The summed E-state index contributed by atoms with van der Waals surface area (Å²) in [6, 6.07) is 7.64. The lowest BCUT2D eigenvalue weighted by molar-refractivity contribution is 0.0977. The Kier molecular flexibility index (Phi) is 5.43. The smallest absolute Gasteiger partial charge is 0.286 e. The van der Waals surface area contributed by atoms with E-state index in [4.69, 9.17) is 11.6 Å². The van der Waals surface area contributed by atoms with Crippen LogP contribution in [0, 0.1) is 5.92 Å². The zero-order valence-corrected chi connectivity index (χ0v) is 14.4.